The lowest BCUT2D eigenvalue weighted by molar-refractivity contribution is -0.140. The third-order valence-corrected chi connectivity index (χ3v) is 3.93. The summed E-state index contributed by atoms with van der Waals surface area (Å²) in [5.41, 5.74) is 2.52. The number of hydrogen-bond donors (Lipinski definition) is 3. The minimum atomic E-state index is -0.965. The Morgan fingerprint density at radius 3 is 2.80 bits per heavy atom. The van der Waals surface area contributed by atoms with Crippen molar-refractivity contribution in [2.75, 3.05) is 5.88 Å². The molecule has 2 unspecified atom stereocenters. The number of alkyl halides is 1. The summed E-state index contributed by atoms with van der Waals surface area (Å²) in [6, 6.07) is 6.16. The van der Waals surface area contributed by atoms with E-state index in [0.29, 0.717) is 6.42 Å². The second kappa shape index (κ2) is 4.92. The van der Waals surface area contributed by atoms with Gasteiger partial charge in [0.15, 0.2) is 5.78 Å². The molecule has 0 amide bonds. The maximum atomic E-state index is 12.0. The van der Waals surface area contributed by atoms with Crippen LogP contribution in [-0.2, 0) is 16.0 Å². The van der Waals surface area contributed by atoms with Crippen molar-refractivity contribution in [3.63, 3.8) is 0 Å². The van der Waals surface area contributed by atoms with Gasteiger partial charge in [-0.25, -0.2) is 0 Å². The molecule has 0 saturated heterocycles. The molecule has 0 spiro atoms. The number of ketones is 1. The highest BCUT2D eigenvalue weighted by Crippen LogP contribution is 2.32. The van der Waals surface area contributed by atoms with Crippen LogP contribution in [0.2, 0.25) is 0 Å². The molecule has 1 aromatic carbocycles. The standard InChI is InChI=1S/C14H13ClN2O3/c15-6-11(18)13-12-8(5-10(17-13)14(19)20)7-3-1-2-4-9(7)16-12/h1-4,10,13,16-17H,5-6H2,(H,19,20). The molecule has 0 radical (unpaired) electrons. The number of carboxylic acid groups (broad SMARTS) is 1. The number of carbonyl (C=O) groups is 2. The van der Waals surface area contributed by atoms with Crippen LogP contribution in [0.1, 0.15) is 17.3 Å². The number of rotatable bonds is 3. The van der Waals surface area contributed by atoms with Crippen molar-refractivity contribution in [3.05, 3.63) is 35.5 Å². The summed E-state index contributed by atoms with van der Waals surface area (Å²) in [4.78, 5) is 26.4. The first kappa shape index (κ1) is 13.1. The Bertz CT molecular complexity index is 695. The Morgan fingerprint density at radius 1 is 1.35 bits per heavy atom. The van der Waals surface area contributed by atoms with Crippen LogP contribution >= 0.6 is 11.6 Å². The van der Waals surface area contributed by atoms with Crippen LogP contribution in [0.5, 0.6) is 0 Å². The Labute approximate surface area is 119 Å². The molecule has 0 saturated carbocycles. The zero-order chi connectivity index (χ0) is 14.3. The molecule has 0 aliphatic carbocycles. The zero-order valence-corrected chi connectivity index (χ0v) is 11.3. The maximum Gasteiger partial charge on any atom is 0.321 e. The summed E-state index contributed by atoms with van der Waals surface area (Å²) >= 11 is 5.63. The number of H-pyrrole nitrogens is 1. The molecule has 1 aliphatic rings. The fourth-order valence-electron chi connectivity index (χ4n) is 2.72. The molecule has 6 heteroatoms. The number of aromatic nitrogens is 1. The van der Waals surface area contributed by atoms with Gasteiger partial charge in [-0.1, -0.05) is 18.2 Å². The Balaban J connectivity index is 2.16. The summed E-state index contributed by atoms with van der Waals surface area (Å²) in [6.07, 6.45) is 0.348. The number of para-hydroxylation sites is 1. The van der Waals surface area contributed by atoms with Crippen molar-refractivity contribution in [1.82, 2.24) is 10.3 Å². The van der Waals surface area contributed by atoms with E-state index in [1.54, 1.807) is 0 Å². The number of aromatic amines is 1. The molecule has 104 valence electrons. The molecule has 3 rings (SSSR count). The quantitative estimate of drug-likeness (QED) is 0.751. The fraction of sp³-hybridized carbons (Fsp3) is 0.286. The van der Waals surface area contributed by atoms with Gasteiger partial charge in [-0.05, 0) is 11.6 Å². The fourth-order valence-corrected chi connectivity index (χ4v) is 2.88. The molecule has 1 aliphatic heterocycles. The molecule has 2 heterocycles. The van der Waals surface area contributed by atoms with Gasteiger partial charge in [0.1, 0.15) is 12.1 Å². The largest absolute Gasteiger partial charge is 0.480 e. The average molecular weight is 293 g/mol. The lowest BCUT2D eigenvalue weighted by Crippen LogP contribution is -2.47. The van der Waals surface area contributed by atoms with Crippen molar-refractivity contribution < 1.29 is 14.7 Å². The van der Waals surface area contributed by atoms with Gasteiger partial charge < -0.3 is 10.1 Å². The summed E-state index contributed by atoms with van der Waals surface area (Å²) in [6.45, 7) is 0. The van der Waals surface area contributed by atoms with Gasteiger partial charge in [-0.15, -0.1) is 11.6 Å². The van der Waals surface area contributed by atoms with Crippen LogP contribution in [0.25, 0.3) is 10.9 Å². The predicted molar refractivity (Wildman–Crippen MR) is 75.0 cm³/mol. The molecular weight excluding hydrogens is 280 g/mol. The van der Waals surface area contributed by atoms with Crippen molar-refractivity contribution in [2.24, 2.45) is 0 Å². The number of carboxylic acids is 1. The zero-order valence-electron chi connectivity index (χ0n) is 10.5. The Kier molecular flexibility index (Phi) is 3.23. The summed E-state index contributed by atoms with van der Waals surface area (Å²) in [5.74, 6) is -1.35. The molecule has 2 atom stereocenters. The van der Waals surface area contributed by atoms with E-state index in [1.165, 1.54) is 0 Å². The Morgan fingerprint density at radius 2 is 2.10 bits per heavy atom. The van der Waals surface area contributed by atoms with Gasteiger partial charge in [0.05, 0.1) is 5.88 Å². The minimum Gasteiger partial charge on any atom is -0.480 e. The number of benzene rings is 1. The van der Waals surface area contributed by atoms with Crippen molar-refractivity contribution in [3.8, 4) is 0 Å². The molecular formula is C14H13ClN2O3. The number of Topliss-reactive ketones (excluding diaryl/α,β-unsaturated/α-hetero) is 1. The first-order valence-electron chi connectivity index (χ1n) is 6.29. The minimum absolute atomic E-state index is 0.154. The van der Waals surface area contributed by atoms with Crippen LogP contribution in [0.15, 0.2) is 24.3 Å². The van der Waals surface area contributed by atoms with Crippen LogP contribution in [0.4, 0.5) is 0 Å². The maximum absolute atomic E-state index is 12.0. The normalized spacial score (nSPS) is 21.6. The number of aliphatic carboxylic acids is 1. The average Bonchev–Trinajstić information content (AvgIpc) is 2.84. The molecule has 20 heavy (non-hydrogen) atoms. The van der Waals surface area contributed by atoms with E-state index in [9.17, 15) is 14.7 Å². The van der Waals surface area contributed by atoms with Crippen molar-refractivity contribution in [2.45, 2.75) is 18.5 Å². The lowest BCUT2D eigenvalue weighted by Gasteiger charge is -2.27. The van der Waals surface area contributed by atoms with E-state index in [2.05, 4.69) is 10.3 Å². The first-order chi connectivity index (χ1) is 9.61. The highest BCUT2D eigenvalue weighted by molar-refractivity contribution is 6.28. The van der Waals surface area contributed by atoms with Gasteiger partial charge in [-0.3, -0.25) is 14.9 Å². The predicted octanol–water partition coefficient (Wildman–Crippen LogP) is 1.62. The Hall–Kier alpha value is -1.85. The van der Waals surface area contributed by atoms with E-state index in [0.717, 1.165) is 22.2 Å². The highest BCUT2D eigenvalue weighted by atomic mass is 35.5. The van der Waals surface area contributed by atoms with E-state index >= 15 is 0 Å². The summed E-state index contributed by atoms with van der Waals surface area (Å²) in [5, 5.41) is 13.0. The third-order valence-electron chi connectivity index (χ3n) is 3.66. The van der Waals surface area contributed by atoms with E-state index < -0.39 is 18.1 Å². The molecule has 3 N–H and O–H groups in total. The van der Waals surface area contributed by atoms with Gasteiger partial charge in [0.25, 0.3) is 0 Å². The number of hydrogen-bond acceptors (Lipinski definition) is 3. The van der Waals surface area contributed by atoms with Gasteiger partial charge in [-0.2, -0.15) is 0 Å². The molecule has 5 nitrogen and oxygen atoms in total. The number of fused-ring (bicyclic) bond motifs is 3. The van der Waals surface area contributed by atoms with Gasteiger partial charge >= 0.3 is 5.97 Å². The smallest absolute Gasteiger partial charge is 0.321 e. The van der Waals surface area contributed by atoms with Crippen molar-refractivity contribution >= 4 is 34.3 Å². The second-order valence-electron chi connectivity index (χ2n) is 4.86. The number of carbonyl (C=O) groups excluding carboxylic acids is 1. The van der Waals surface area contributed by atoms with Crippen LogP contribution in [0.3, 0.4) is 0 Å². The van der Waals surface area contributed by atoms with Crippen LogP contribution < -0.4 is 5.32 Å². The first-order valence-corrected chi connectivity index (χ1v) is 6.82. The monoisotopic (exact) mass is 292 g/mol. The highest BCUT2D eigenvalue weighted by Gasteiger charge is 2.35. The number of halogens is 1. The van der Waals surface area contributed by atoms with E-state index in [4.69, 9.17) is 11.6 Å². The van der Waals surface area contributed by atoms with Crippen LogP contribution in [-0.4, -0.2) is 33.8 Å². The van der Waals surface area contributed by atoms with Gasteiger partial charge in [0, 0.05) is 23.0 Å². The molecule has 0 bridgehead atoms. The van der Waals surface area contributed by atoms with E-state index in [1.807, 2.05) is 24.3 Å². The SMILES string of the molecule is O=C(O)C1Cc2c([nH]c3ccccc23)C(C(=O)CCl)N1. The van der Waals surface area contributed by atoms with Crippen LogP contribution in [0, 0.1) is 0 Å². The molecule has 1 aromatic heterocycles. The molecule has 2 aromatic rings. The third kappa shape index (κ3) is 1.99. The lowest BCUT2D eigenvalue weighted by atomic mass is 9.92. The summed E-state index contributed by atoms with van der Waals surface area (Å²) in [7, 11) is 0. The topological polar surface area (TPSA) is 82.2 Å². The van der Waals surface area contributed by atoms with E-state index in [-0.39, 0.29) is 11.7 Å². The summed E-state index contributed by atoms with van der Waals surface area (Å²) < 4.78 is 0. The van der Waals surface area contributed by atoms with Gasteiger partial charge in [0.2, 0.25) is 0 Å². The number of nitrogens with one attached hydrogen (secondary N) is 2. The van der Waals surface area contributed by atoms with Crippen molar-refractivity contribution in [1.29, 1.82) is 0 Å². The second-order valence-corrected chi connectivity index (χ2v) is 5.12. The molecule has 0 fully saturated rings.